The van der Waals surface area contributed by atoms with Gasteiger partial charge in [-0.05, 0) is 12.8 Å². The summed E-state index contributed by atoms with van der Waals surface area (Å²) in [5.41, 5.74) is 0. The van der Waals surface area contributed by atoms with Crippen LogP contribution in [0, 0.1) is 0 Å². The average Bonchev–Trinajstić information content (AvgIpc) is 2.24. The second kappa shape index (κ2) is 8.65. The van der Waals surface area contributed by atoms with Crippen LogP contribution in [0.25, 0.3) is 0 Å². The van der Waals surface area contributed by atoms with Crippen LogP contribution in [0.4, 0.5) is 0 Å². The standard InChI is InChI=1S/C10H21BrO3/c1-12-10(13-2,14-3)8-6-4-5-7-9-11/h4-9H2,1-3H3. The molecule has 0 aromatic heterocycles. The van der Waals surface area contributed by atoms with Crippen molar-refractivity contribution in [2.24, 2.45) is 0 Å². The zero-order valence-corrected chi connectivity index (χ0v) is 10.9. The quantitative estimate of drug-likeness (QED) is 0.366. The molecule has 0 aromatic carbocycles. The first-order valence-corrected chi connectivity index (χ1v) is 6.08. The number of ether oxygens (including phenoxy) is 3. The third-order valence-electron chi connectivity index (χ3n) is 2.30. The predicted octanol–water partition coefficient (Wildman–Crippen LogP) is 2.92. The van der Waals surface area contributed by atoms with Crippen molar-refractivity contribution in [3.63, 3.8) is 0 Å². The van der Waals surface area contributed by atoms with Gasteiger partial charge in [-0.1, -0.05) is 28.8 Å². The Hall–Kier alpha value is 0.360. The van der Waals surface area contributed by atoms with Crippen LogP contribution in [0.1, 0.15) is 32.1 Å². The summed E-state index contributed by atoms with van der Waals surface area (Å²) in [6, 6.07) is 0. The van der Waals surface area contributed by atoms with Crippen LogP contribution < -0.4 is 0 Å². The maximum absolute atomic E-state index is 5.19. The minimum Gasteiger partial charge on any atom is -0.331 e. The summed E-state index contributed by atoms with van der Waals surface area (Å²) in [6.45, 7) is 0. The lowest BCUT2D eigenvalue weighted by atomic mass is 10.1. The molecule has 0 aliphatic carbocycles. The maximum atomic E-state index is 5.19. The molecule has 0 atom stereocenters. The van der Waals surface area contributed by atoms with E-state index < -0.39 is 5.97 Å². The van der Waals surface area contributed by atoms with Gasteiger partial charge in [0.15, 0.2) is 0 Å². The minimum absolute atomic E-state index is 0.777. The van der Waals surface area contributed by atoms with Gasteiger partial charge < -0.3 is 14.2 Å². The fraction of sp³-hybridized carbons (Fsp3) is 1.00. The molecule has 0 bridgehead atoms. The van der Waals surface area contributed by atoms with E-state index in [2.05, 4.69) is 15.9 Å². The summed E-state index contributed by atoms with van der Waals surface area (Å²) in [5.74, 6) is -0.839. The van der Waals surface area contributed by atoms with Crippen LogP contribution in [-0.4, -0.2) is 32.6 Å². The van der Waals surface area contributed by atoms with Crippen LogP contribution in [0.15, 0.2) is 0 Å². The normalized spacial score (nSPS) is 12.0. The number of halogens is 1. The highest BCUT2D eigenvalue weighted by atomic mass is 79.9. The van der Waals surface area contributed by atoms with Crippen molar-refractivity contribution in [1.82, 2.24) is 0 Å². The number of alkyl halides is 1. The van der Waals surface area contributed by atoms with E-state index in [0.717, 1.165) is 18.2 Å². The van der Waals surface area contributed by atoms with Gasteiger partial charge in [0.05, 0.1) is 0 Å². The van der Waals surface area contributed by atoms with Crippen molar-refractivity contribution in [2.45, 2.75) is 38.1 Å². The summed E-state index contributed by atoms with van der Waals surface area (Å²) in [5, 5.41) is 1.08. The Kier molecular flexibility index (Phi) is 8.87. The predicted molar refractivity (Wildman–Crippen MR) is 60.6 cm³/mol. The van der Waals surface area contributed by atoms with Crippen LogP contribution in [0.2, 0.25) is 0 Å². The summed E-state index contributed by atoms with van der Waals surface area (Å²) in [7, 11) is 4.81. The van der Waals surface area contributed by atoms with E-state index in [1.165, 1.54) is 19.3 Å². The molecular weight excluding hydrogens is 248 g/mol. The topological polar surface area (TPSA) is 27.7 Å². The van der Waals surface area contributed by atoms with E-state index >= 15 is 0 Å². The fourth-order valence-corrected chi connectivity index (χ4v) is 1.74. The Morgan fingerprint density at radius 3 is 1.79 bits per heavy atom. The number of rotatable bonds is 9. The molecule has 0 aliphatic heterocycles. The molecule has 0 saturated carbocycles. The lowest BCUT2D eigenvalue weighted by Gasteiger charge is -2.28. The van der Waals surface area contributed by atoms with Crippen molar-refractivity contribution in [1.29, 1.82) is 0 Å². The Morgan fingerprint density at radius 2 is 1.36 bits per heavy atom. The molecule has 0 rings (SSSR count). The Bertz CT molecular complexity index is 118. The molecule has 3 nitrogen and oxygen atoms in total. The van der Waals surface area contributed by atoms with E-state index in [0.29, 0.717) is 0 Å². The highest BCUT2D eigenvalue weighted by Crippen LogP contribution is 2.20. The highest BCUT2D eigenvalue weighted by molar-refractivity contribution is 9.09. The molecule has 0 N–H and O–H groups in total. The van der Waals surface area contributed by atoms with Crippen molar-refractivity contribution in [2.75, 3.05) is 26.7 Å². The van der Waals surface area contributed by atoms with Crippen LogP contribution in [-0.2, 0) is 14.2 Å². The Balaban J connectivity index is 3.61. The molecule has 4 heteroatoms. The number of hydrogen-bond acceptors (Lipinski definition) is 3. The molecule has 0 unspecified atom stereocenters. The highest BCUT2D eigenvalue weighted by Gasteiger charge is 2.28. The Labute approximate surface area is 95.2 Å². The molecule has 0 heterocycles. The van der Waals surface area contributed by atoms with Gasteiger partial charge >= 0.3 is 0 Å². The van der Waals surface area contributed by atoms with E-state index in [1.807, 2.05) is 0 Å². The molecule has 14 heavy (non-hydrogen) atoms. The first kappa shape index (κ1) is 14.4. The summed E-state index contributed by atoms with van der Waals surface area (Å²) >= 11 is 3.41. The van der Waals surface area contributed by atoms with E-state index in [1.54, 1.807) is 21.3 Å². The van der Waals surface area contributed by atoms with Crippen molar-refractivity contribution in [3.05, 3.63) is 0 Å². The zero-order chi connectivity index (χ0) is 10.9. The van der Waals surface area contributed by atoms with Gasteiger partial charge in [0.2, 0.25) is 0 Å². The first-order chi connectivity index (χ1) is 6.74. The second-order valence-electron chi connectivity index (χ2n) is 3.15. The van der Waals surface area contributed by atoms with E-state index in [9.17, 15) is 0 Å². The van der Waals surface area contributed by atoms with Crippen molar-refractivity contribution in [3.8, 4) is 0 Å². The molecule has 0 radical (unpaired) electrons. The summed E-state index contributed by atoms with van der Waals surface area (Å²) in [6.07, 6.45) is 5.48. The molecule has 0 aliphatic rings. The first-order valence-electron chi connectivity index (χ1n) is 4.96. The van der Waals surface area contributed by atoms with Crippen LogP contribution in [0.5, 0.6) is 0 Å². The third kappa shape index (κ3) is 5.29. The molecule has 0 saturated heterocycles. The number of unbranched alkanes of at least 4 members (excludes halogenated alkanes) is 3. The third-order valence-corrected chi connectivity index (χ3v) is 2.86. The second-order valence-corrected chi connectivity index (χ2v) is 3.94. The molecule has 0 aromatic rings. The number of hydrogen-bond donors (Lipinski definition) is 0. The maximum Gasteiger partial charge on any atom is 0.282 e. The minimum atomic E-state index is -0.839. The van der Waals surface area contributed by atoms with E-state index in [-0.39, 0.29) is 0 Å². The summed E-state index contributed by atoms with van der Waals surface area (Å²) in [4.78, 5) is 0. The van der Waals surface area contributed by atoms with Crippen LogP contribution in [0.3, 0.4) is 0 Å². The van der Waals surface area contributed by atoms with Gasteiger partial charge in [-0.2, -0.15) is 0 Å². The lowest BCUT2D eigenvalue weighted by Crippen LogP contribution is -2.35. The van der Waals surface area contributed by atoms with Gasteiger partial charge in [0, 0.05) is 33.1 Å². The molecule has 0 fully saturated rings. The average molecular weight is 269 g/mol. The monoisotopic (exact) mass is 268 g/mol. The van der Waals surface area contributed by atoms with Gasteiger partial charge in [-0.15, -0.1) is 0 Å². The van der Waals surface area contributed by atoms with Gasteiger partial charge in [0.1, 0.15) is 0 Å². The van der Waals surface area contributed by atoms with Gasteiger partial charge in [-0.3, -0.25) is 0 Å². The Morgan fingerprint density at radius 1 is 0.857 bits per heavy atom. The molecular formula is C10H21BrO3. The largest absolute Gasteiger partial charge is 0.331 e. The van der Waals surface area contributed by atoms with E-state index in [4.69, 9.17) is 14.2 Å². The zero-order valence-electron chi connectivity index (χ0n) is 9.35. The number of methoxy groups -OCH3 is 3. The molecule has 0 spiro atoms. The fourth-order valence-electron chi connectivity index (χ4n) is 1.35. The van der Waals surface area contributed by atoms with Gasteiger partial charge in [0.25, 0.3) is 5.97 Å². The van der Waals surface area contributed by atoms with Crippen molar-refractivity contribution >= 4 is 15.9 Å². The smallest absolute Gasteiger partial charge is 0.282 e. The summed E-state index contributed by atoms with van der Waals surface area (Å²) < 4.78 is 15.6. The van der Waals surface area contributed by atoms with Gasteiger partial charge in [-0.25, -0.2) is 0 Å². The van der Waals surface area contributed by atoms with Crippen molar-refractivity contribution < 1.29 is 14.2 Å². The SMILES string of the molecule is COC(CCCCCCBr)(OC)OC. The van der Waals surface area contributed by atoms with Crippen LogP contribution >= 0.6 is 15.9 Å². The lowest BCUT2D eigenvalue weighted by molar-refractivity contribution is -0.355. The molecule has 0 amide bonds. The molecule has 86 valence electrons.